The van der Waals surface area contributed by atoms with Crippen molar-refractivity contribution in [2.75, 3.05) is 23.0 Å². The minimum atomic E-state index is -0.493. The number of nitrogens with one attached hydrogen (secondary N) is 1. The number of halogens is 1. The Morgan fingerprint density at radius 1 is 1.07 bits per heavy atom. The molecule has 1 N–H and O–H groups in total. The van der Waals surface area contributed by atoms with E-state index in [9.17, 15) is 14.0 Å². The zero-order valence-corrected chi connectivity index (χ0v) is 15.0. The van der Waals surface area contributed by atoms with E-state index < -0.39 is 11.8 Å². The first-order chi connectivity index (χ1) is 13.0. The Morgan fingerprint density at radius 3 is 2.48 bits per heavy atom. The average Bonchev–Trinajstić information content (AvgIpc) is 3.29. The van der Waals surface area contributed by atoms with Crippen molar-refractivity contribution in [2.24, 2.45) is 0 Å². The van der Waals surface area contributed by atoms with Crippen LogP contribution in [0.4, 0.5) is 15.8 Å². The van der Waals surface area contributed by atoms with Gasteiger partial charge in [0.2, 0.25) is 0 Å². The van der Waals surface area contributed by atoms with Crippen molar-refractivity contribution in [3.05, 3.63) is 65.0 Å². The fraction of sp³-hybridized carbons (Fsp3) is 0.238. The number of benzene rings is 2. The second-order valence-corrected chi connectivity index (χ2v) is 6.83. The van der Waals surface area contributed by atoms with Crippen molar-refractivity contribution in [1.82, 2.24) is 5.43 Å². The molecule has 2 heterocycles. The van der Waals surface area contributed by atoms with E-state index in [2.05, 4.69) is 5.43 Å². The highest BCUT2D eigenvalue weighted by Gasteiger charge is 2.34. The predicted octanol–water partition coefficient (Wildman–Crippen LogP) is 3.20. The number of aryl methyl sites for hydroxylation is 1. The summed E-state index contributed by atoms with van der Waals surface area (Å²) in [6.45, 7) is 3.56. The van der Waals surface area contributed by atoms with Gasteiger partial charge in [0, 0.05) is 13.1 Å². The van der Waals surface area contributed by atoms with E-state index in [1.807, 2.05) is 17.9 Å². The molecule has 0 aromatic heterocycles. The highest BCUT2D eigenvalue weighted by molar-refractivity contribution is 6.31. The molecule has 0 atom stereocenters. The largest absolute Gasteiger partial charge is 0.369 e. The average molecular weight is 365 g/mol. The Labute approximate surface area is 157 Å². The van der Waals surface area contributed by atoms with Gasteiger partial charge in [-0.15, -0.1) is 0 Å². The molecule has 0 aliphatic carbocycles. The predicted molar refractivity (Wildman–Crippen MR) is 103 cm³/mol. The van der Waals surface area contributed by atoms with Crippen LogP contribution in [0.2, 0.25) is 0 Å². The molecule has 27 heavy (non-hydrogen) atoms. The van der Waals surface area contributed by atoms with E-state index in [1.165, 1.54) is 17.2 Å². The van der Waals surface area contributed by atoms with E-state index in [0.717, 1.165) is 31.5 Å². The minimum absolute atomic E-state index is 0.00437. The van der Waals surface area contributed by atoms with Crippen LogP contribution in [-0.4, -0.2) is 24.9 Å². The van der Waals surface area contributed by atoms with Crippen LogP contribution in [0.15, 0.2) is 48.0 Å². The summed E-state index contributed by atoms with van der Waals surface area (Å²) in [6, 6.07) is 12.1. The van der Waals surface area contributed by atoms with Crippen LogP contribution in [0.1, 0.15) is 24.0 Å². The summed E-state index contributed by atoms with van der Waals surface area (Å²) >= 11 is 0. The van der Waals surface area contributed by atoms with Crippen LogP contribution in [0.25, 0.3) is 6.08 Å². The summed E-state index contributed by atoms with van der Waals surface area (Å²) < 4.78 is 14.6. The van der Waals surface area contributed by atoms with Gasteiger partial charge in [-0.3, -0.25) is 15.0 Å². The maximum atomic E-state index is 14.6. The Balaban J connectivity index is 1.66. The van der Waals surface area contributed by atoms with Crippen LogP contribution in [0, 0.1) is 12.7 Å². The van der Waals surface area contributed by atoms with Gasteiger partial charge in [-0.2, -0.15) is 0 Å². The Kier molecular flexibility index (Phi) is 4.39. The quantitative estimate of drug-likeness (QED) is 0.671. The van der Waals surface area contributed by atoms with Gasteiger partial charge in [0.15, 0.2) is 0 Å². The molecule has 2 amide bonds. The van der Waals surface area contributed by atoms with E-state index in [4.69, 9.17) is 0 Å². The zero-order chi connectivity index (χ0) is 19.0. The molecule has 0 saturated carbocycles. The maximum Gasteiger partial charge on any atom is 0.282 e. The third-order valence-electron chi connectivity index (χ3n) is 4.99. The molecule has 0 unspecified atom stereocenters. The summed E-state index contributed by atoms with van der Waals surface area (Å²) in [7, 11) is 0. The number of carbonyl (C=O) groups is 2. The smallest absolute Gasteiger partial charge is 0.282 e. The van der Waals surface area contributed by atoms with Crippen molar-refractivity contribution < 1.29 is 14.0 Å². The highest BCUT2D eigenvalue weighted by Crippen LogP contribution is 2.29. The molecule has 0 radical (unpaired) electrons. The second kappa shape index (κ2) is 6.87. The molecular formula is C21H20FN3O2. The number of hydrogen-bond donors (Lipinski definition) is 1. The van der Waals surface area contributed by atoms with Gasteiger partial charge in [0.1, 0.15) is 11.4 Å². The molecule has 2 aromatic carbocycles. The van der Waals surface area contributed by atoms with Gasteiger partial charge in [-0.25, -0.2) is 9.40 Å². The molecule has 0 bridgehead atoms. The van der Waals surface area contributed by atoms with E-state index in [-0.39, 0.29) is 11.4 Å². The van der Waals surface area contributed by atoms with E-state index in [0.29, 0.717) is 16.9 Å². The van der Waals surface area contributed by atoms with Gasteiger partial charge in [-0.1, -0.05) is 18.2 Å². The summed E-state index contributed by atoms with van der Waals surface area (Å²) in [5.74, 6) is -1.28. The summed E-state index contributed by atoms with van der Waals surface area (Å²) in [5, 5.41) is 1.21. The van der Waals surface area contributed by atoms with E-state index in [1.54, 1.807) is 30.3 Å². The third-order valence-corrected chi connectivity index (χ3v) is 4.99. The summed E-state index contributed by atoms with van der Waals surface area (Å²) in [6.07, 6.45) is 3.59. The number of hydrogen-bond acceptors (Lipinski definition) is 3. The van der Waals surface area contributed by atoms with Gasteiger partial charge in [0.25, 0.3) is 11.8 Å². The minimum Gasteiger partial charge on any atom is -0.369 e. The van der Waals surface area contributed by atoms with Crippen LogP contribution >= 0.6 is 0 Å². The lowest BCUT2D eigenvalue weighted by atomic mass is 10.0. The molecule has 2 aromatic rings. The molecule has 138 valence electrons. The summed E-state index contributed by atoms with van der Waals surface area (Å²) in [5.41, 5.74) is 5.06. The van der Waals surface area contributed by atoms with Crippen molar-refractivity contribution in [1.29, 1.82) is 0 Å². The van der Waals surface area contributed by atoms with Crippen molar-refractivity contribution in [2.45, 2.75) is 19.8 Å². The Hall–Kier alpha value is -3.15. The van der Waals surface area contributed by atoms with E-state index >= 15 is 0 Å². The van der Waals surface area contributed by atoms with Crippen LogP contribution in [0.5, 0.6) is 0 Å². The molecule has 6 heteroatoms. The third kappa shape index (κ3) is 3.18. The SMILES string of the molecule is Cc1cc(N2CCCC2)c(F)cc1C=C1C(=O)NN(c2ccccc2)C1=O. The molecule has 2 aliphatic rings. The lowest BCUT2D eigenvalue weighted by Crippen LogP contribution is -2.35. The lowest BCUT2D eigenvalue weighted by Gasteiger charge is -2.19. The van der Waals surface area contributed by atoms with Crippen molar-refractivity contribution in [3.8, 4) is 0 Å². The standard InChI is InChI=1S/C21H20FN3O2/c1-14-11-19(24-9-5-6-10-24)18(22)13-15(14)12-17-20(26)23-25(21(17)27)16-7-3-2-4-8-16/h2-4,7-8,11-13H,5-6,9-10H2,1H3,(H,23,26). The topological polar surface area (TPSA) is 52.7 Å². The fourth-order valence-corrected chi connectivity index (χ4v) is 3.51. The number of amides is 2. The number of anilines is 2. The Morgan fingerprint density at radius 2 is 1.78 bits per heavy atom. The number of para-hydroxylation sites is 1. The molecule has 4 rings (SSSR count). The molecule has 2 aliphatic heterocycles. The lowest BCUT2D eigenvalue weighted by molar-refractivity contribution is -0.117. The van der Waals surface area contributed by atoms with Crippen LogP contribution in [0.3, 0.4) is 0 Å². The first kappa shape index (κ1) is 17.3. The summed E-state index contributed by atoms with van der Waals surface area (Å²) in [4.78, 5) is 27.0. The fourth-order valence-electron chi connectivity index (χ4n) is 3.51. The molecule has 2 fully saturated rings. The number of nitrogens with zero attached hydrogens (tertiary/aromatic N) is 2. The molecule has 5 nitrogen and oxygen atoms in total. The van der Waals surface area contributed by atoms with Crippen molar-refractivity contribution >= 4 is 29.3 Å². The zero-order valence-electron chi connectivity index (χ0n) is 15.0. The van der Waals surface area contributed by atoms with Gasteiger partial charge in [0.05, 0.1) is 11.4 Å². The van der Waals surface area contributed by atoms with Crippen LogP contribution in [-0.2, 0) is 9.59 Å². The molecule has 2 saturated heterocycles. The second-order valence-electron chi connectivity index (χ2n) is 6.83. The van der Waals surface area contributed by atoms with Gasteiger partial charge >= 0.3 is 0 Å². The number of hydrazine groups is 1. The molecular weight excluding hydrogens is 345 g/mol. The maximum absolute atomic E-state index is 14.6. The first-order valence-electron chi connectivity index (χ1n) is 9.02. The number of rotatable bonds is 3. The normalized spacial score (nSPS) is 18.5. The van der Waals surface area contributed by atoms with Gasteiger partial charge < -0.3 is 4.90 Å². The Bertz CT molecular complexity index is 934. The van der Waals surface area contributed by atoms with Crippen molar-refractivity contribution in [3.63, 3.8) is 0 Å². The highest BCUT2D eigenvalue weighted by atomic mass is 19.1. The van der Waals surface area contributed by atoms with Crippen LogP contribution < -0.4 is 15.3 Å². The van der Waals surface area contributed by atoms with Gasteiger partial charge in [-0.05, 0) is 61.2 Å². The molecule has 0 spiro atoms. The first-order valence-corrected chi connectivity index (χ1v) is 9.02. The number of carbonyl (C=O) groups excluding carboxylic acids is 2. The monoisotopic (exact) mass is 365 g/mol.